The first-order valence-electron chi connectivity index (χ1n) is 4.53. The molecule has 1 aliphatic rings. The van der Waals surface area contributed by atoms with Crippen LogP contribution in [0.1, 0.15) is 19.4 Å². The van der Waals surface area contributed by atoms with Gasteiger partial charge in [-0.3, -0.25) is 10.3 Å². The van der Waals surface area contributed by atoms with Crippen molar-refractivity contribution in [2.24, 2.45) is 0 Å². The summed E-state index contributed by atoms with van der Waals surface area (Å²) in [6.07, 6.45) is 3.57. The molecule has 13 heavy (non-hydrogen) atoms. The van der Waals surface area contributed by atoms with E-state index in [9.17, 15) is 0 Å². The van der Waals surface area contributed by atoms with Crippen molar-refractivity contribution >= 4 is 0 Å². The van der Waals surface area contributed by atoms with Gasteiger partial charge < -0.3 is 4.74 Å². The molecule has 1 N–H and O–H groups in total. The van der Waals surface area contributed by atoms with Crippen molar-refractivity contribution in [2.75, 3.05) is 6.61 Å². The van der Waals surface area contributed by atoms with Gasteiger partial charge in [-0.2, -0.15) is 0 Å². The summed E-state index contributed by atoms with van der Waals surface area (Å²) in [6.45, 7) is 4.93. The fourth-order valence-corrected chi connectivity index (χ4v) is 1.68. The molecule has 1 aromatic heterocycles. The van der Waals surface area contributed by atoms with Gasteiger partial charge in [0, 0.05) is 24.0 Å². The molecule has 70 valence electrons. The summed E-state index contributed by atoms with van der Waals surface area (Å²) in [7, 11) is 0. The Morgan fingerprint density at radius 1 is 1.54 bits per heavy atom. The second-order valence-electron chi connectivity index (χ2n) is 3.63. The van der Waals surface area contributed by atoms with E-state index in [-0.39, 0.29) is 5.72 Å². The summed E-state index contributed by atoms with van der Waals surface area (Å²) in [5, 5.41) is 3.40. The van der Waals surface area contributed by atoms with Crippen LogP contribution in [0.5, 0.6) is 0 Å². The molecule has 0 radical (unpaired) electrons. The second kappa shape index (κ2) is 3.09. The lowest BCUT2D eigenvalue weighted by Gasteiger charge is -2.24. The van der Waals surface area contributed by atoms with Gasteiger partial charge in [0.1, 0.15) is 5.72 Å². The zero-order valence-electron chi connectivity index (χ0n) is 7.95. The molecular formula is C10H14N2O. The third-order valence-electron chi connectivity index (χ3n) is 2.38. The zero-order valence-corrected chi connectivity index (χ0v) is 7.95. The quantitative estimate of drug-likeness (QED) is 0.703. The smallest absolute Gasteiger partial charge is 0.142 e. The number of hydrogen-bond acceptors (Lipinski definition) is 3. The largest absolute Gasteiger partial charge is 0.355 e. The van der Waals surface area contributed by atoms with Crippen molar-refractivity contribution < 1.29 is 4.74 Å². The van der Waals surface area contributed by atoms with Crippen molar-refractivity contribution in [1.82, 2.24) is 10.3 Å². The first kappa shape index (κ1) is 8.66. The molecule has 0 aliphatic carbocycles. The Balaban J connectivity index is 2.26. The fourth-order valence-electron chi connectivity index (χ4n) is 1.68. The molecule has 1 aliphatic heterocycles. The molecule has 2 rings (SSSR count). The van der Waals surface area contributed by atoms with Crippen LogP contribution in [0, 0.1) is 0 Å². The summed E-state index contributed by atoms with van der Waals surface area (Å²) in [4.78, 5) is 3.98. The maximum Gasteiger partial charge on any atom is 0.142 e. The monoisotopic (exact) mass is 178 g/mol. The Bertz CT molecular complexity index is 288. The van der Waals surface area contributed by atoms with Gasteiger partial charge in [-0.1, -0.05) is 0 Å². The molecule has 1 saturated heterocycles. The van der Waals surface area contributed by atoms with E-state index in [1.165, 1.54) is 0 Å². The summed E-state index contributed by atoms with van der Waals surface area (Å²) in [5.41, 5.74) is 0.800. The highest BCUT2D eigenvalue weighted by Crippen LogP contribution is 2.26. The van der Waals surface area contributed by atoms with E-state index in [0.29, 0.717) is 6.04 Å². The molecular weight excluding hydrogens is 164 g/mol. The van der Waals surface area contributed by atoms with Gasteiger partial charge >= 0.3 is 0 Å². The van der Waals surface area contributed by atoms with E-state index in [1.807, 2.05) is 19.1 Å². The predicted molar refractivity (Wildman–Crippen MR) is 50.1 cm³/mol. The SMILES string of the molecule is CC1COC(C)(c2ccncc2)N1. The molecule has 3 heteroatoms. The second-order valence-corrected chi connectivity index (χ2v) is 3.63. The molecule has 1 fully saturated rings. The fraction of sp³-hybridized carbons (Fsp3) is 0.500. The van der Waals surface area contributed by atoms with Crippen molar-refractivity contribution in [3.05, 3.63) is 30.1 Å². The average Bonchev–Trinajstić information content (AvgIpc) is 2.49. The zero-order chi connectivity index (χ0) is 9.31. The maximum atomic E-state index is 5.70. The van der Waals surface area contributed by atoms with Gasteiger partial charge in [0.05, 0.1) is 6.61 Å². The Labute approximate surface area is 78.1 Å². The molecule has 0 amide bonds. The van der Waals surface area contributed by atoms with Gasteiger partial charge in [0.2, 0.25) is 0 Å². The van der Waals surface area contributed by atoms with Crippen LogP contribution in [0.3, 0.4) is 0 Å². The van der Waals surface area contributed by atoms with Crippen LogP contribution in [-0.2, 0) is 10.5 Å². The Kier molecular flexibility index (Phi) is 2.06. The third kappa shape index (κ3) is 1.57. The Morgan fingerprint density at radius 3 is 2.77 bits per heavy atom. The molecule has 3 nitrogen and oxygen atoms in total. The minimum atomic E-state index is -0.331. The van der Waals surface area contributed by atoms with Crippen molar-refractivity contribution in [1.29, 1.82) is 0 Å². The molecule has 0 aromatic carbocycles. The molecule has 1 aromatic rings. The molecule has 0 bridgehead atoms. The molecule has 2 heterocycles. The highest BCUT2D eigenvalue weighted by molar-refractivity contribution is 5.19. The Morgan fingerprint density at radius 2 is 2.23 bits per heavy atom. The highest BCUT2D eigenvalue weighted by Gasteiger charge is 2.34. The van der Waals surface area contributed by atoms with Crippen LogP contribution in [0.25, 0.3) is 0 Å². The number of pyridine rings is 1. The van der Waals surface area contributed by atoms with E-state index >= 15 is 0 Å². The summed E-state index contributed by atoms with van der Waals surface area (Å²) < 4.78 is 5.70. The maximum absolute atomic E-state index is 5.70. The lowest BCUT2D eigenvalue weighted by molar-refractivity contribution is 0.00230. The number of nitrogens with zero attached hydrogens (tertiary/aromatic N) is 1. The van der Waals surface area contributed by atoms with Gasteiger partial charge in [0.25, 0.3) is 0 Å². The van der Waals surface area contributed by atoms with E-state index in [2.05, 4.69) is 17.2 Å². The number of ether oxygens (including phenoxy) is 1. The summed E-state index contributed by atoms with van der Waals surface area (Å²) in [5.74, 6) is 0. The Hall–Kier alpha value is -0.930. The molecule has 0 spiro atoms. The molecule has 2 atom stereocenters. The van der Waals surface area contributed by atoms with E-state index in [4.69, 9.17) is 4.74 Å². The lowest BCUT2D eigenvalue weighted by atomic mass is 10.1. The first-order chi connectivity index (χ1) is 6.21. The summed E-state index contributed by atoms with van der Waals surface area (Å²) in [6, 6.07) is 4.37. The van der Waals surface area contributed by atoms with Crippen LogP contribution in [0.4, 0.5) is 0 Å². The minimum absolute atomic E-state index is 0.331. The highest BCUT2D eigenvalue weighted by atomic mass is 16.5. The van der Waals surface area contributed by atoms with Crippen LogP contribution in [0.15, 0.2) is 24.5 Å². The average molecular weight is 178 g/mol. The molecule has 0 saturated carbocycles. The van der Waals surface area contributed by atoms with Crippen LogP contribution < -0.4 is 5.32 Å². The normalized spacial score (nSPS) is 33.5. The van der Waals surface area contributed by atoms with E-state index in [1.54, 1.807) is 12.4 Å². The number of aromatic nitrogens is 1. The molecule has 2 unspecified atom stereocenters. The minimum Gasteiger partial charge on any atom is -0.355 e. The first-order valence-corrected chi connectivity index (χ1v) is 4.53. The number of nitrogens with one attached hydrogen (secondary N) is 1. The number of rotatable bonds is 1. The summed E-state index contributed by atoms with van der Waals surface area (Å²) >= 11 is 0. The van der Waals surface area contributed by atoms with Crippen LogP contribution in [-0.4, -0.2) is 17.6 Å². The van der Waals surface area contributed by atoms with Gasteiger partial charge in [0.15, 0.2) is 0 Å². The van der Waals surface area contributed by atoms with E-state index < -0.39 is 0 Å². The predicted octanol–water partition coefficient (Wildman–Crippen LogP) is 1.26. The van der Waals surface area contributed by atoms with Gasteiger partial charge in [-0.25, -0.2) is 0 Å². The van der Waals surface area contributed by atoms with Gasteiger partial charge in [-0.15, -0.1) is 0 Å². The topological polar surface area (TPSA) is 34.1 Å². The van der Waals surface area contributed by atoms with Crippen LogP contribution in [0.2, 0.25) is 0 Å². The lowest BCUT2D eigenvalue weighted by Crippen LogP contribution is -2.37. The third-order valence-corrected chi connectivity index (χ3v) is 2.38. The van der Waals surface area contributed by atoms with Crippen molar-refractivity contribution in [3.8, 4) is 0 Å². The van der Waals surface area contributed by atoms with Crippen molar-refractivity contribution in [3.63, 3.8) is 0 Å². The van der Waals surface area contributed by atoms with Gasteiger partial charge in [-0.05, 0) is 26.0 Å². The standard InChI is InChI=1S/C10H14N2O/c1-8-7-13-10(2,12-8)9-3-5-11-6-4-9/h3-6,8,12H,7H2,1-2H3. The van der Waals surface area contributed by atoms with Crippen molar-refractivity contribution in [2.45, 2.75) is 25.6 Å². The number of hydrogen-bond donors (Lipinski definition) is 1. The van der Waals surface area contributed by atoms with Crippen LogP contribution >= 0.6 is 0 Å². The van der Waals surface area contributed by atoms with E-state index in [0.717, 1.165) is 12.2 Å².